The Morgan fingerprint density at radius 1 is 1.00 bits per heavy atom. The Hall–Kier alpha value is -3.22. The molecule has 0 radical (unpaired) electrons. The van der Waals surface area contributed by atoms with Gasteiger partial charge in [-0.1, -0.05) is 43.2 Å². The summed E-state index contributed by atoms with van der Waals surface area (Å²) in [5.41, 5.74) is 1.53. The normalized spacial score (nSPS) is 19.3. The Labute approximate surface area is 192 Å². The number of carbonyl (C=O) groups is 1. The van der Waals surface area contributed by atoms with E-state index in [1.54, 1.807) is 10.6 Å². The molecule has 1 saturated heterocycles. The van der Waals surface area contributed by atoms with Gasteiger partial charge in [-0.05, 0) is 43.4 Å². The van der Waals surface area contributed by atoms with Crippen molar-refractivity contribution in [1.29, 1.82) is 0 Å². The van der Waals surface area contributed by atoms with Crippen LogP contribution in [0.15, 0.2) is 52.1 Å². The van der Waals surface area contributed by atoms with E-state index < -0.39 is 0 Å². The molecule has 5 rings (SSSR count). The minimum absolute atomic E-state index is 0.109. The fraction of sp³-hybridized carbons (Fsp3) is 0.462. The predicted octanol–water partition coefficient (Wildman–Crippen LogP) is 3.04. The number of fused-ring (bicyclic) bond motifs is 1. The molecule has 0 bridgehead atoms. The van der Waals surface area contributed by atoms with Crippen LogP contribution < -0.4 is 11.2 Å². The molecule has 0 N–H and O–H groups in total. The van der Waals surface area contributed by atoms with Crippen molar-refractivity contribution < 1.29 is 4.79 Å². The number of hydrogen-bond donors (Lipinski definition) is 0. The van der Waals surface area contributed by atoms with Crippen molar-refractivity contribution in [3.8, 4) is 0 Å². The smallest absolute Gasteiger partial charge is 0.332 e. The monoisotopic (exact) mass is 446 g/mol. The topological polar surface area (TPSA) is 77.2 Å². The van der Waals surface area contributed by atoms with Gasteiger partial charge >= 0.3 is 5.69 Å². The van der Waals surface area contributed by atoms with Crippen LogP contribution in [-0.2, 0) is 18.4 Å². The molecule has 1 saturated carbocycles. The number of benzene rings is 1. The van der Waals surface area contributed by atoms with E-state index in [0.717, 1.165) is 60.9 Å². The third-order valence-electron chi connectivity index (χ3n) is 7.24. The van der Waals surface area contributed by atoms with Gasteiger partial charge in [0.15, 0.2) is 0 Å². The summed E-state index contributed by atoms with van der Waals surface area (Å²) in [7, 11) is 1.51. The fourth-order valence-electron chi connectivity index (χ4n) is 5.36. The molecule has 2 aliphatic rings. The number of amides is 1. The first-order chi connectivity index (χ1) is 16.0. The van der Waals surface area contributed by atoms with E-state index in [4.69, 9.17) is 4.98 Å². The van der Waals surface area contributed by atoms with E-state index in [1.807, 2.05) is 41.3 Å². The predicted molar refractivity (Wildman–Crippen MR) is 127 cm³/mol. The summed E-state index contributed by atoms with van der Waals surface area (Å²) in [6.45, 7) is 1.80. The average Bonchev–Trinajstić information content (AvgIpc) is 3.40. The highest BCUT2D eigenvalue weighted by molar-refractivity contribution is 5.79. The van der Waals surface area contributed by atoms with Crippen LogP contribution in [0, 0.1) is 5.92 Å². The van der Waals surface area contributed by atoms with E-state index in [9.17, 15) is 14.4 Å². The van der Waals surface area contributed by atoms with E-state index in [0.29, 0.717) is 24.1 Å². The summed E-state index contributed by atoms with van der Waals surface area (Å²) in [5.74, 6) is 0.568. The van der Waals surface area contributed by atoms with Crippen molar-refractivity contribution >= 4 is 16.9 Å². The molecule has 1 unspecified atom stereocenters. The molecule has 1 aliphatic carbocycles. The molecule has 3 heterocycles. The van der Waals surface area contributed by atoms with E-state index in [2.05, 4.69) is 0 Å². The van der Waals surface area contributed by atoms with Gasteiger partial charge in [-0.25, -0.2) is 9.78 Å². The summed E-state index contributed by atoms with van der Waals surface area (Å²) < 4.78 is 2.73. The molecule has 1 amide bonds. The molecule has 7 heteroatoms. The molecule has 33 heavy (non-hydrogen) atoms. The van der Waals surface area contributed by atoms with Gasteiger partial charge in [0.2, 0.25) is 5.91 Å². The number of hydrogen-bond acceptors (Lipinski definition) is 4. The molecule has 172 valence electrons. The van der Waals surface area contributed by atoms with Gasteiger partial charge in [-0.3, -0.25) is 18.7 Å². The molecular weight excluding hydrogens is 416 g/mol. The summed E-state index contributed by atoms with van der Waals surface area (Å²) in [6, 6.07) is 13.4. The molecule has 1 aromatic carbocycles. The number of aromatic nitrogens is 3. The zero-order valence-corrected chi connectivity index (χ0v) is 19.1. The third-order valence-corrected chi connectivity index (χ3v) is 7.24. The molecule has 2 fully saturated rings. The number of piperidine rings is 1. The molecular formula is C26H30N4O3. The Bertz CT molecular complexity index is 1290. The van der Waals surface area contributed by atoms with Crippen LogP contribution in [0.3, 0.4) is 0 Å². The van der Waals surface area contributed by atoms with Gasteiger partial charge in [0.05, 0.1) is 11.9 Å². The van der Waals surface area contributed by atoms with Crippen molar-refractivity contribution in [2.75, 3.05) is 13.1 Å². The first kappa shape index (κ1) is 21.6. The third kappa shape index (κ3) is 4.12. The number of likely N-dealkylation sites (tertiary alicyclic amines) is 1. The second kappa shape index (κ2) is 8.96. The number of carbonyl (C=O) groups excluding carboxylic acids is 1. The molecule has 1 atom stereocenters. The van der Waals surface area contributed by atoms with Gasteiger partial charge in [0, 0.05) is 37.7 Å². The van der Waals surface area contributed by atoms with E-state index in [1.165, 1.54) is 7.05 Å². The summed E-state index contributed by atoms with van der Waals surface area (Å²) in [5, 5.41) is 0.437. The lowest BCUT2D eigenvalue weighted by molar-refractivity contribution is -0.136. The summed E-state index contributed by atoms with van der Waals surface area (Å²) >= 11 is 0. The molecule has 0 spiro atoms. The minimum atomic E-state index is -0.373. The zero-order chi connectivity index (χ0) is 22.9. The quantitative estimate of drug-likeness (QED) is 0.617. The lowest BCUT2D eigenvalue weighted by Gasteiger charge is -2.34. The van der Waals surface area contributed by atoms with E-state index >= 15 is 0 Å². The number of pyridine rings is 1. The molecule has 1 aliphatic heterocycles. The zero-order valence-electron chi connectivity index (χ0n) is 19.1. The van der Waals surface area contributed by atoms with Crippen molar-refractivity contribution in [3.63, 3.8) is 0 Å². The lowest BCUT2D eigenvalue weighted by Crippen LogP contribution is -2.42. The Morgan fingerprint density at radius 3 is 2.52 bits per heavy atom. The maximum atomic E-state index is 13.0. The van der Waals surface area contributed by atoms with Crippen LogP contribution in [-0.4, -0.2) is 38.0 Å². The van der Waals surface area contributed by atoms with Gasteiger partial charge < -0.3 is 4.90 Å². The highest BCUT2D eigenvalue weighted by Crippen LogP contribution is 2.31. The first-order valence-corrected chi connectivity index (χ1v) is 12.0. The Balaban J connectivity index is 1.51. The molecule has 3 aromatic rings. The summed E-state index contributed by atoms with van der Waals surface area (Å²) in [4.78, 5) is 45.7. The first-order valence-electron chi connectivity index (χ1n) is 12.0. The van der Waals surface area contributed by atoms with Crippen molar-refractivity contribution in [2.24, 2.45) is 13.0 Å². The maximum absolute atomic E-state index is 13.0. The number of rotatable bonds is 4. The fourth-order valence-corrected chi connectivity index (χ4v) is 5.36. The minimum Gasteiger partial charge on any atom is -0.342 e. The van der Waals surface area contributed by atoms with Crippen LogP contribution in [0.1, 0.15) is 55.7 Å². The van der Waals surface area contributed by atoms with Crippen molar-refractivity contribution in [3.05, 3.63) is 74.6 Å². The second-order valence-corrected chi connectivity index (χ2v) is 9.43. The number of nitrogens with zero attached hydrogens (tertiary/aromatic N) is 4. The summed E-state index contributed by atoms with van der Waals surface area (Å²) in [6.07, 6.45) is 6.19. The van der Waals surface area contributed by atoms with E-state index in [-0.39, 0.29) is 29.0 Å². The van der Waals surface area contributed by atoms with Gasteiger partial charge in [-0.2, -0.15) is 0 Å². The molecule has 7 nitrogen and oxygen atoms in total. The van der Waals surface area contributed by atoms with Crippen LogP contribution in [0.4, 0.5) is 0 Å². The highest BCUT2D eigenvalue weighted by Gasteiger charge is 2.31. The standard InChI is InChI=1S/C26H30N4O3/c1-28-25(32)21-13-14-22(20-12-7-15-29(17-20)24(31)19-10-5-6-11-19)27-23(21)30(26(28)33)16-18-8-3-2-4-9-18/h2-4,8-9,13-14,19-20H,5-7,10-12,15-17H2,1H3. The Morgan fingerprint density at radius 2 is 1.76 bits per heavy atom. The van der Waals surface area contributed by atoms with Crippen molar-refractivity contribution in [1.82, 2.24) is 19.0 Å². The van der Waals surface area contributed by atoms with Crippen LogP contribution in [0.25, 0.3) is 11.0 Å². The Kier molecular flexibility index (Phi) is 5.87. The highest BCUT2D eigenvalue weighted by atomic mass is 16.2. The average molecular weight is 447 g/mol. The molecule has 2 aromatic heterocycles. The van der Waals surface area contributed by atoms with Crippen molar-refractivity contribution in [2.45, 2.75) is 51.0 Å². The van der Waals surface area contributed by atoms with Crippen LogP contribution in [0.5, 0.6) is 0 Å². The second-order valence-electron chi connectivity index (χ2n) is 9.43. The van der Waals surface area contributed by atoms with Gasteiger partial charge in [0.1, 0.15) is 5.65 Å². The van der Waals surface area contributed by atoms with Crippen LogP contribution in [0.2, 0.25) is 0 Å². The largest absolute Gasteiger partial charge is 0.342 e. The van der Waals surface area contributed by atoms with Crippen LogP contribution >= 0.6 is 0 Å². The SMILES string of the molecule is Cn1c(=O)c2ccc(C3CCCN(C(=O)C4CCCC4)C3)nc2n(Cc2ccccc2)c1=O. The van der Waals surface area contributed by atoms with Gasteiger partial charge in [-0.15, -0.1) is 0 Å². The maximum Gasteiger partial charge on any atom is 0.332 e. The lowest BCUT2D eigenvalue weighted by atomic mass is 9.93. The van der Waals surface area contributed by atoms with Gasteiger partial charge in [0.25, 0.3) is 5.56 Å².